The summed E-state index contributed by atoms with van der Waals surface area (Å²) in [5, 5.41) is 5.52. The lowest BCUT2D eigenvalue weighted by Gasteiger charge is -2.26. The number of nitrogens with one attached hydrogen (secondary N) is 2. The maximum absolute atomic E-state index is 11.6. The van der Waals surface area contributed by atoms with Gasteiger partial charge in [-0.25, -0.2) is 4.79 Å². The summed E-state index contributed by atoms with van der Waals surface area (Å²) in [5.41, 5.74) is 0.655. The van der Waals surface area contributed by atoms with E-state index in [4.69, 9.17) is 9.47 Å². The van der Waals surface area contributed by atoms with E-state index in [0.717, 1.165) is 0 Å². The van der Waals surface area contributed by atoms with Crippen LogP contribution in [0.4, 0.5) is 10.5 Å². The molecule has 0 radical (unpaired) electrons. The van der Waals surface area contributed by atoms with Gasteiger partial charge in [0.15, 0.2) is 0 Å². The van der Waals surface area contributed by atoms with E-state index in [1.54, 1.807) is 19.2 Å². The number of rotatable bonds is 3. The number of amides is 2. The maximum Gasteiger partial charge on any atom is 0.319 e. The minimum Gasteiger partial charge on any atom is -0.495 e. The van der Waals surface area contributed by atoms with Crippen LogP contribution in [0.5, 0.6) is 5.75 Å². The van der Waals surface area contributed by atoms with Crippen molar-refractivity contribution in [2.45, 2.75) is 6.04 Å². The number of methoxy groups -OCH3 is 1. The third-order valence-electron chi connectivity index (χ3n) is 2.33. The van der Waals surface area contributed by atoms with Crippen LogP contribution in [0.1, 0.15) is 0 Å². The predicted octanol–water partition coefficient (Wildman–Crippen LogP) is 1.22. The molecule has 2 rings (SSSR count). The fourth-order valence-corrected chi connectivity index (χ4v) is 1.41. The molecule has 2 N–H and O–H groups in total. The van der Waals surface area contributed by atoms with Crippen molar-refractivity contribution in [1.29, 1.82) is 0 Å². The monoisotopic (exact) mass is 222 g/mol. The highest BCUT2D eigenvalue weighted by atomic mass is 16.5. The molecule has 1 aliphatic heterocycles. The second-order valence-corrected chi connectivity index (χ2v) is 3.53. The SMILES string of the molecule is COc1ccccc1NC(=O)NC1COC1. The van der Waals surface area contributed by atoms with Crippen LogP contribution in [0.3, 0.4) is 0 Å². The molecule has 1 heterocycles. The van der Waals surface area contributed by atoms with Gasteiger partial charge in [0.2, 0.25) is 0 Å². The first-order chi connectivity index (χ1) is 7.79. The number of hydrogen-bond donors (Lipinski definition) is 2. The van der Waals surface area contributed by atoms with Gasteiger partial charge in [-0.2, -0.15) is 0 Å². The van der Waals surface area contributed by atoms with Gasteiger partial charge in [0.25, 0.3) is 0 Å². The minimum absolute atomic E-state index is 0.120. The number of benzene rings is 1. The molecule has 86 valence electrons. The molecule has 16 heavy (non-hydrogen) atoms. The van der Waals surface area contributed by atoms with Gasteiger partial charge in [-0.05, 0) is 12.1 Å². The lowest BCUT2D eigenvalue weighted by Crippen LogP contribution is -2.49. The maximum atomic E-state index is 11.6. The van der Waals surface area contributed by atoms with E-state index in [2.05, 4.69) is 10.6 Å². The molecule has 2 amide bonds. The number of para-hydroxylation sites is 2. The summed E-state index contributed by atoms with van der Waals surface area (Å²) in [7, 11) is 1.57. The first-order valence-electron chi connectivity index (χ1n) is 5.08. The van der Waals surface area contributed by atoms with E-state index in [-0.39, 0.29) is 12.1 Å². The Kier molecular flexibility index (Phi) is 3.26. The summed E-state index contributed by atoms with van der Waals surface area (Å²) >= 11 is 0. The second kappa shape index (κ2) is 4.85. The van der Waals surface area contributed by atoms with Crippen molar-refractivity contribution in [2.24, 2.45) is 0 Å². The standard InChI is InChI=1S/C11H14N2O3/c1-15-10-5-3-2-4-9(10)13-11(14)12-8-6-16-7-8/h2-5,8H,6-7H2,1H3,(H2,12,13,14). The molecule has 0 saturated carbocycles. The zero-order valence-corrected chi connectivity index (χ0v) is 9.03. The molecule has 0 spiro atoms. The van der Waals surface area contributed by atoms with E-state index < -0.39 is 0 Å². The Morgan fingerprint density at radius 3 is 2.81 bits per heavy atom. The van der Waals surface area contributed by atoms with Crippen molar-refractivity contribution < 1.29 is 14.3 Å². The molecule has 1 aromatic rings. The van der Waals surface area contributed by atoms with Crippen molar-refractivity contribution in [3.63, 3.8) is 0 Å². The van der Waals surface area contributed by atoms with Crippen LogP contribution in [0, 0.1) is 0 Å². The number of anilines is 1. The average Bonchev–Trinajstić information content (AvgIpc) is 2.24. The molecular formula is C11H14N2O3. The Hall–Kier alpha value is -1.75. The highest BCUT2D eigenvalue weighted by Crippen LogP contribution is 2.22. The zero-order chi connectivity index (χ0) is 11.4. The smallest absolute Gasteiger partial charge is 0.319 e. The topological polar surface area (TPSA) is 59.6 Å². The molecule has 1 saturated heterocycles. The van der Waals surface area contributed by atoms with Crippen LogP contribution in [-0.2, 0) is 4.74 Å². The van der Waals surface area contributed by atoms with E-state index in [1.807, 2.05) is 12.1 Å². The van der Waals surface area contributed by atoms with Crippen molar-refractivity contribution in [1.82, 2.24) is 5.32 Å². The zero-order valence-electron chi connectivity index (χ0n) is 9.03. The molecule has 0 unspecified atom stereocenters. The minimum atomic E-state index is -0.238. The molecule has 1 fully saturated rings. The Morgan fingerprint density at radius 2 is 2.19 bits per heavy atom. The molecule has 0 aromatic heterocycles. The van der Waals surface area contributed by atoms with Crippen molar-refractivity contribution in [3.8, 4) is 5.75 Å². The van der Waals surface area contributed by atoms with Crippen molar-refractivity contribution >= 4 is 11.7 Å². The Balaban J connectivity index is 1.94. The van der Waals surface area contributed by atoms with Crippen LogP contribution in [0.15, 0.2) is 24.3 Å². The van der Waals surface area contributed by atoms with Crippen LogP contribution in [-0.4, -0.2) is 32.4 Å². The highest BCUT2D eigenvalue weighted by Gasteiger charge is 2.20. The van der Waals surface area contributed by atoms with Gasteiger partial charge in [-0.3, -0.25) is 0 Å². The quantitative estimate of drug-likeness (QED) is 0.808. The number of carbonyl (C=O) groups is 1. The summed E-state index contributed by atoms with van der Waals surface area (Å²) < 4.78 is 10.1. The van der Waals surface area contributed by atoms with E-state index in [0.29, 0.717) is 24.7 Å². The largest absolute Gasteiger partial charge is 0.495 e. The summed E-state index contributed by atoms with van der Waals surface area (Å²) in [6.45, 7) is 1.17. The Morgan fingerprint density at radius 1 is 1.44 bits per heavy atom. The molecule has 1 aromatic carbocycles. The second-order valence-electron chi connectivity index (χ2n) is 3.53. The van der Waals surface area contributed by atoms with Crippen LogP contribution < -0.4 is 15.4 Å². The number of carbonyl (C=O) groups excluding carboxylic acids is 1. The van der Waals surface area contributed by atoms with E-state index in [9.17, 15) is 4.79 Å². The summed E-state index contributed by atoms with van der Waals surface area (Å²) in [6, 6.07) is 7.15. The van der Waals surface area contributed by atoms with E-state index >= 15 is 0 Å². The highest BCUT2D eigenvalue weighted by molar-refractivity contribution is 5.91. The molecule has 0 aliphatic carbocycles. The van der Waals surface area contributed by atoms with Crippen molar-refractivity contribution in [3.05, 3.63) is 24.3 Å². The first-order valence-corrected chi connectivity index (χ1v) is 5.08. The molecule has 0 bridgehead atoms. The predicted molar refractivity (Wildman–Crippen MR) is 59.8 cm³/mol. The Bertz CT molecular complexity index is 377. The molecular weight excluding hydrogens is 208 g/mol. The van der Waals surface area contributed by atoms with Crippen LogP contribution in [0.25, 0.3) is 0 Å². The molecule has 5 heteroatoms. The normalized spacial score (nSPS) is 15.1. The van der Waals surface area contributed by atoms with Gasteiger partial charge in [0.1, 0.15) is 5.75 Å². The number of urea groups is 1. The van der Waals surface area contributed by atoms with Gasteiger partial charge in [-0.1, -0.05) is 12.1 Å². The fourth-order valence-electron chi connectivity index (χ4n) is 1.41. The van der Waals surface area contributed by atoms with Gasteiger partial charge in [0.05, 0.1) is 32.1 Å². The van der Waals surface area contributed by atoms with Gasteiger partial charge < -0.3 is 20.1 Å². The van der Waals surface area contributed by atoms with Gasteiger partial charge >= 0.3 is 6.03 Å². The molecule has 0 atom stereocenters. The van der Waals surface area contributed by atoms with Crippen molar-refractivity contribution in [2.75, 3.05) is 25.6 Å². The molecule has 1 aliphatic rings. The lowest BCUT2D eigenvalue weighted by atomic mass is 10.2. The summed E-state index contributed by atoms with van der Waals surface area (Å²) in [6.07, 6.45) is 0. The fraction of sp³-hybridized carbons (Fsp3) is 0.364. The number of hydrogen-bond acceptors (Lipinski definition) is 3. The van der Waals surface area contributed by atoms with Gasteiger partial charge in [-0.15, -0.1) is 0 Å². The van der Waals surface area contributed by atoms with Gasteiger partial charge in [0, 0.05) is 0 Å². The third-order valence-corrected chi connectivity index (χ3v) is 2.33. The third kappa shape index (κ3) is 2.43. The average molecular weight is 222 g/mol. The summed E-state index contributed by atoms with van der Waals surface area (Å²) in [4.78, 5) is 11.6. The molecule has 5 nitrogen and oxygen atoms in total. The van der Waals surface area contributed by atoms with Crippen LogP contribution in [0.2, 0.25) is 0 Å². The lowest BCUT2D eigenvalue weighted by molar-refractivity contribution is 0.000733. The van der Waals surface area contributed by atoms with Crippen LogP contribution >= 0.6 is 0 Å². The van der Waals surface area contributed by atoms with E-state index in [1.165, 1.54) is 0 Å². The Labute approximate surface area is 93.7 Å². The number of ether oxygens (including phenoxy) is 2. The summed E-state index contributed by atoms with van der Waals surface area (Å²) in [5.74, 6) is 0.641. The first kappa shape index (κ1) is 10.8.